The highest BCUT2D eigenvalue weighted by Gasteiger charge is 1.99. The molecule has 0 bridgehead atoms. The third-order valence-electron chi connectivity index (χ3n) is 1.95. The van der Waals surface area contributed by atoms with Crippen LogP contribution in [0.4, 0.5) is 0 Å². The van der Waals surface area contributed by atoms with Crippen molar-refractivity contribution >= 4 is 15.9 Å². The fraction of sp³-hybridized carbons (Fsp3) is 0.273. The molecule has 1 rings (SSSR count). The molecule has 0 aliphatic carbocycles. The minimum absolute atomic E-state index is 0.148. The summed E-state index contributed by atoms with van der Waals surface area (Å²) in [6.07, 6.45) is 1.62. The summed E-state index contributed by atoms with van der Waals surface area (Å²) in [6.45, 7) is 3.63. The van der Waals surface area contributed by atoms with E-state index in [-0.39, 0.29) is 5.75 Å². The van der Waals surface area contributed by atoms with Crippen LogP contribution in [0.25, 0.3) is 6.08 Å². The molecule has 2 nitrogen and oxygen atoms in total. The minimum atomic E-state index is -3.01. The first-order chi connectivity index (χ1) is 6.53. The molecule has 14 heavy (non-hydrogen) atoms. The van der Waals surface area contributed by atoms with E-state index < -0.39 is 9.84 Å². The Morgan fingerprint density at radius 1 is 1.21 bits per heavy atom. The highest BCUT2D eigenvalue weighted by atomic mass is 32.2. The van der Waals surface area contributed by atoms with Crippen molar-refractivity contribution in [3.8, 4) is 0 Å². The molecule has 1 aromatic rings. The third kappa shape index (κ3) is 3.34. The lowest BCUT2D eigenvalue weighted by molar-refractivity contribution is 0.606. The molecule has 0 unspecified atom stereocenters. The molecule has 0 N–H and O–H groups in total. The van der Waals surface area contributed by atoms with Crippen LogP contribution in [0.5, 0.6) is 0 Å². The van der Waals surface area contributed by atoms with Gasteiger partial charge in [0, 0.05) is 5.41 Å². The van der Waals surface area contributed by atoms with Gasteiger partial charge in [0.2, 0.25) is 0 Å². The van der Waals surface area contributed by atoms with Gasteiger partial charge in [-0.3, -0.25) is 0 Å². The van der Waals surface area contributed by atoms with Gasteiger partial charge >= 0.3 is 0 Å². The predicted molar refractivity (Wildman–Crippen MR) is 59.7 cm³/mol. The lowest BCUT2D eigenvalue weighted by atomic mass is 10.2. The first-order valence-electron chi connectivity index (χ1n) is 4.51. The van der Waals surface area contributed by atoms with Crippen molar-refractivity contribution in [3.05, 3.63) is 40.8 Å². The topological polar surface area (TPSA) is 34.1 Å². The molecule has 1 aromatic carbocycles. The molecule has 0 spiro atoms. The van der Waals surface area contributed by atoms with Gasteiger partial charge in [0.05, 0.1) is 5.75 Å². The molecular weight excluding hydrogens is 196 g/mol. The highest BCUT2D eigenvalue weighted by Crippen LogP contribution is 2.06. The van der Waals surface area contributed by atoms with E-state index in [9.17, 15) is 8.42 Å². The summed E-state index contributed by atoms with van der Waals surface area (Å²) < 4.78 is 22.3. The van der Waals surface area contributed by atoms with Gasteiger partial charge in [0.25, 0.3) is 0 Å². The van der Waals surface area contributed by atoms with Crippen LogP contribution < -0.4 is 0 Å². The maximum absolute atomic E-state index is 11.2. The fourth-order valence-corrected chi connectivity index (χ4v) is 1.51. The van der Waals surface area contributed by atoms with Crippen molar-refractivity contribution in [3.63, 3.8) is 0 Å². The maximum atomic E-state index is 11.2. The number of hydrogen-bond acceptors (Lipinski definition) is 2. The zero-order chi connectivity index (χ0) is 10.6. The Morgan fingerprint density at radius 2 is 1.79 bits per heavy atom. The number of benzene rings is 1. The van der Waals surface area contributed by atoms with Gasteiger partial charge in [0.1, 0.15) is 0 Å². The van der Waals surface area contributed by atoms with Crippen molar-refractivity contribution in [1.29, 1.82) is 0 Å². The van der Waals surface area contributed by atoms with E-state index in [1.807, 2.05) is 31.2 Å². The zero-order valence-electron chi connectivity index (χ0n) is 8.40. The molecule has 0 amide bonds. The van der Waals surface area contributed by atoms with Gasteiger partial charge in [0.15, 0.2) is 9.84 Å². The number of aryl methyl sites for hydroxylation is 1. The second kappa shape index (κ2) is 4.42. The molecule has 0 aliphatic heterocycles. The molecule has 0 fully saturated rings. The van der Waals surface area contributed by atoms with Crippen LogP contribution in [0.1, 0.15) is 18.1 Å². The van der Waals surface area contributed by atoms with Gasteiger partial charge in [-0.1, -0.05) is 36.8 Å². The number of sulfone groups is 1. The Morgan fingerprint density at radius 3 is 2.29 bits per heavy atom. The summed E-state index contributed by atoms with van der Waals surface area (Å²) in [5.41, 5.74) is 2.08. The van der Waals surface area contributed by atoms with Crippen LogP contribution in [-0.4, -0.2) is 14.2 Å². The predicted octanol–water partition coefficient (Wildman–Crippen LogP) is 2.40. The zero-order valence-corrected chi connectivity index (χ0v) is 9.21. The van der Waals surface area contributed by atoms with Gasteiger partial charge in [-0.25, -0.2) is 8.42 Å². The highest BCUT2D eigenvalue weighted by molar-refractivity contribution is 7.94. The summed E-state index contributed by atoms with van der Waals surface area (Å²) in [5.74, 6) is 0.148. The summed E-state index contributed by atoms with van der Waals surface area (Å²) in [6, 6.07) is 7.71. The fourth-order valence-electron chi connectivity index (χ4n) is 0.956. The Kier molecular flexibility index (Phi) is 3.47. The van der Waals surface area contributed by atoms with Crippen LogP contribution in [0.3, 0.4) is 0 Å². The van der Waals surface area contributed by atoms with E-state index in [1.54, 1.807) is 13.0 Å². The van der Waals surface area contributed by atoms with Crippen molar-refractivity contribution < 1.29 is 8.42 Å². The SMILES string of the molecule is CCS(=O)(=O)C=Cc1ccc(C)cc1. The lowest BCUT2D eigenvalue weighted by Crippen LogP contribution is -1.96. The van der Waals surface area contributed by atoms with E-state index in [0.29, 0.717) is 0 Å². The normalized spacial score (nSPS) is 12.1. The van der Waals surface area contributed by atoms with Crippen LogP contribution in [0.2, 0.25) is 0 Å². The van der Waals surface area contributed by atoms with E-state index >= 15 is 0 Å². The maximum Gasteiger partial charge on any atom is 0.171 e. The van der Waals surface area contributed by atoms with Crippen molar-refractivity contribution in [1.82, 2.24) is 0 Å². The average molecular weight is 210 g/mol. The lowest BCUT2D eigenvalue weighted by Gasteiger charge is -1.95. The summed E-state index contributed by atoms with van der Waals surface area (Å²) in [5, 5.41) is 1.26. The Bertz CT molecular complexity index is 413. The van der Waals surface area contributed by atoms with Gasteiger partial charge in [-0.15, -0.1) is 0 Å². The molecule has 76 valence electrons. The first-order valence-corrected chi connectivity index (χ1v) is 6.22. The third-order valence-corrected chi connectivity index (χ3v) is 3.30. The molecule has 0 heterocycles. The molecule has 0 saturated heterocycles. The van der Waals surface area contributed by atoms with Crippen LogP contribution >= 0.6 is 0 Å². The molecule has 0 radical (unpaired) electrons. The second-order valence-corrected chi connectivity index (χ2v) is 5.34. The molecular formula is C11H14O2S. The second-order valence-electron chi connectivity index (χ2n) is 3.16. The average Bonchev–Trinajstić information content (AvgIpc) is 2.17. The van der Waals surface area contributed by atoms with Crippen molar-refractivity contribution in [2.45, 2.75) is 13.8 Å². The number of rotatable bonds is 3. The van der Waals surface area contributed by atoms with E-state index in [2.05, 4.69) is 0 Å². The van der Waals surface area contributed by atoms with Gasteiger partial charge in [-0.05, 0) is 18.6 Å². The van der Waals surface area contributed by atoms with Crippen molar-refractivity contribution in [2.24, 2.45) is 0 Å². The van der Waals surface area contributed by atoms with Gasteiger partial charge < -0.3 is 0 Å². The first kappa shape index (κ1) is 11.0. The molecule has 0 aliphatic rings. The van der Waals surface area contributed by atoms with E-state index in [4.69, 9.17) is 0 Å². The van der Waals surface area contributed by atoms with E-state index in [1.165, 1.54) is 11.0 Å². The largest absolute Gasteiger partial charge is 0.224 e. The minimum Gasteiger partial charge on any atom is -0.224 e. The molecule has 0 aromatic heterocycles. The van der Waals surface area contributed by atoms with Crippen LogP contribution in [0.15, 0.2) is 29.7 Å². The smallest absolute Gasteiger partial charge is 0.171 e. The van der Waals surface area contributed by atoms with Crippen LogP contribution in [-0.2, 0) is 9.84 Å². The summed E-state index contributed by atoms with van der Waals surface area (Å²) >= 11 is 0. The summed E-state index contributed by atoms with van der Waals surface area (Å²) in [4.78, 5) is 0. The monoisotopic (exact) mass is 210 g/mol. The summed E-state index contributed by atoms with van der Waals surface area (Å²) in [7, 11) is -3.01. The molecule has 0 saturated carbocycles. The Labute approximate surface area is 85.2 Å². The molecule has 3 heteroatoms. The van der Waals surface area contributed by atoms with Crippen molar-refractivity contribution in [2.75, 3.05) is 5.75 Å². The van der Waals surface area contributed by atoms with E-state index in [0.717, 1.165) is 5.56 Å². The molecule has 0 atom stereocenters. The van der Waals surface area contributed by atoms with Crippen LogP contribution in [0, 0.1) is 6.92 Å². The quantitative estimate of drug-likeness (QED) is 0.767. The number of hydrogen-bond donors (Lipinski definition) is 0. The Balaban J connectivity index is 2.84. The Hall–Kier alpha value is -1.09. The van der Waals surface area contributed by atoms with Gasteiger partial charge in [-0.2, -0.15) is 0 Å². The standard InChI is InChI=1S/C11H14O2S/c1-3-14(12,13)9-8-11-6-4-10(2)5-7-11/h4-9H,3H2,1-2H3.